The van der Waals surface area contributed by atoms with Crippen molar-refractivity contribution in [3.8, 4) is 0 Å². The summed E-state index contributed by atoms with van der Waals surface area (Å²) < 4.78 is 5.24. The first-order valence-electron chi connectivity index (χ1n) is 9.31. The number of nitrogens with one attached hydrogen (secondary N) is 1. The molecule has 0 radical (unpaired) electrons. The van der Waals surface area contributed by atoms with Crippen molar-refractivity contribution in [3.63, 3.8) is 0 Å². The minimum Gasteiger partial charge on any atom is -0.452 e. The van der Waals surface area contributed by atoms with Gasteiger partial charge in [-0.3, -0.25) is 9.78 Å². The summed E-state index contributed by atoms with van der Waals surface area (Å²) in [4.78, 5) is 29.0. The molecule has 5 nitrogen and oxygen atoms in total. The van der Waals surface area contributed by atoms with Gasteiger partial charge in [-0.2, -0.15) is 0 Å². The number of rotatable bonds is 6. The number of benzene rings is 2. The van der Waals surface area contributed by atoms with Crippen molar-refractivity contribution in [3.05, 3.63) is 76.5 Å². The Kier molecular flexibility index (Phi) is 6.04. The van der Waals surface area contributed by atoms with Gasteiger partial charge in [-0.1, -0.05) is 42.5 Å². The van der Waals surface area contributed by atoms with Gasteiger partial charge in [-0.15, -0.1) is 0 Å². The van der Waals surface area contributed by atoms with Crippen molar-refractivity contribution < 1.29 is 14.3 Å². The molecule has 3 rings (SSSR count). The maximum atomic E-state index is 12.5. The number of amides is 1. The Morgan fingerprint density at radius 2 is 1.71 bits per heavy atom. The van der Waals surface area contributed by atoms with Gasteiger partial charge in [-0.05, 0) is 49.9 Å². The molecule has 0 aliphatic rings. The predicted molar refractivity (Wildman–Crippen MR) is 109 cm³/mol. The van der Waals surface area contributed by atoms with Crippen LogP contribution in [0.4, 0.5) is 0 Å². The Hall–Kier alpha value is -3.21. The monoisotopic (exact) mass is 376 g/mol. The molecule has 28 heavy (non-hydrogen) atoms. The van der Waals surface area contributed by atoms with Crippen LogP contribution in [0.3, 0.4) is 0 Å². The van der Waals surface area contributed by atoms with Gasteiger partial charge in [0.05, 0.1) is 16.8 Å². The lowest BCUT2D eigenvalue weighted by Gasteiger charge is -2.12. The largest absolute Gasteiger partial charge is 0.452 e. The summed E-state index contributed by atoms with van der Waals surface area (Å²) in [6.45, 7) is 5.88. The Bertz CT molecular complexity index is 1030. The van der Waals surface area contributed by atoms with Gasteiger partial charge in [0.1, 0.15) is 0 Å². The summed E-state index contributed by atoms with van der Waals surface area (Å²) in [5.74, 6) is -0.840. The topological polar surface area (TPSA) is 68.3 Å². The molecule has 144 valence electrons. The van der Waals surface area contributed by atoms with Crippen molar-refractivity contribution in [2.75, 3.05) is 13.2 Å². The number of esters is 1. The molecule has 0 aliphatic heterocycles. The van der Waals surface area contributed by atoms with Crippen molar-refractivity contribution in [1.29, 1.82) is 0 Å². The molecular formula is C23H24N2O3. The second-order valence-electron chi connectivity index (χ2n) is 6.82. The number of aromatic nitrogens is 1. The first-order chi connectivity index (χ1) is 13.5. The van der Waals surface area contributed by atoms with E-state index in [1.807, 2.05) is 62.4 Å². The number of hydrogen-bond acceptors (Lipinski definition) is 4. The third kappa shape index (κ3) is 4.36. The van der Waals surface area contributed by atoms with Crippen LogP contribution in [-0.4, -0.2) is 30.0 Å². The first-order valence-corrected chi connectivity index (χ1v) is 9.31. The van der Waals surface area contributed by atoms with E-state index < -0.39 is 5.97 Å². The molecule has 1 heterocycles. The number of hydrogen-bond donors (Lipinski definition) is 1. The van der Waals surface area contributed by atoms with Gasteiger partial charge < -0.3 is 10.1 Å². The minimum atomic E-state index is -0.526. The smallest absolute Gasteiger partial charge is 0.340 e. The molecule has 1 amide bonds. The summed E-state index contributed by atoms with van der Waals surface area (Å²) >= 11 is 0. The Balaban J connectivity index is 1.57. The van der Waals surface area contributed by atoms with Gasteiger partial charge in [0.15, 0.2) is 6.61 Å². The molecule has 0 bridgehead atoms. The standard InChI is InChI=1S/C23H24N2O3/c1-15-8-4-5-9-18(15)12-13-24-21(26)14-28-23(27)22-16(2)19-10-6-7-11-20(19)25-17(22)3/h4-11H,12-14H2,1-3H3,(H,24,26). The first kappa shape index (κ1) is 19.5. The van der Waals surface area contributed by atoms with Gasteiger partial charge in [0.2, 0.25) is 0 Å². The van der Waals surface area contributed by atoms with Crippen molar-refractivity contribution >= 4 is 22.8 Å². The number of nitrogens with zero attached hydrogens (tertiary/aromatic N) is 1. The summed E-state index contributed by atoms with van der Waals surface area (Å²) in [5, 5.41) is 3.70. The molecule has 0 fully saturated rings. The molecule has 0 saturated heterocycles. The molecule has 1 N–H and O–H groups in total. The van der Waals surface area contributed by atoms with Crippen molar-refractivity contribution in [2.24, 2.45) is 0 Å². The highest BCUT2D eigenvalue weighted by molar-refractivity contribution is 5.99. The maximum Gasteiger partial charge on any atom is 0.340 e. The van der Waals surface area contributed by atoms with Crippen LogP contribution in [0.5, 0.6) is 0 Å². The fraction of sp³-hybridized carbons (Fsp3) is 0.261. The van der Waals surface area contributed by atoms with E-state index in [9.17, 15) is 9.59 Å². The second kappa shape index (κ2) is 8.65. The average molecular weight is 376 g/mol. The molecule has 0 unspecified atom stereocenters. The Morgan fingerprint density at radius 1 is 1.00 bits per heavy atom. The SMILES string of the molecule is Cc1ccccc1CCNC(=O)COC(=O)c1c(C)nc2ccccc2c1C. The maximum absolute atomic E-state index is 12.5. The minimum absolute atomic E-state index is 0.307. The normalized spacial score (nSPS) is 10.7. The molecule has 1 aromatic heterocycles. The van der Waals surface area contributed by atoms with Crippen molar-refractivity contribution in [2.45, 2.75) is 27.2 Å². The summed E-state index contributed by atoms with van der Waals surface area (Å²) in [7, 11) is 0. The average Bonchev–Trinajstić information content (AvgIpc) is 2.68. The molecule has 5 heteroatoms. The van der Waals surface area contributed by atoms with E-state index in [4.69, 9.17) is 4.74 Å². The highest BCUT2D eigenvalue weighted by Gasteiger charge is 2.18. The third-order valence-electron chi connectivity index (χ3n) is 4.85. The van der Waals surface area contributed by atoms with Crippen LogP contribution in [0.15, 0.2) is 48.5 Å². The highest BCUT2D eigenvalue weighted by Crippen LogP contribution is 2.23. The fourth-order valence-corrected chi connectivity index (χ4v) is 3.31. The lowest BCUT2D eigenvalue weighted by molar-refractivity contribution is -0.124. The summed E-state index contributed by atoms with van der Waals surface area (Å²) in [6.07, 6.45) is 0.735. The highest BCUT2D eigenvalue weighted by atomic mass is 16.5. The summed E-state index contributed by atoms with van der Waals surface area (Å²) in [5.41, 5.74) is 5.05. The number of carbonyl (C=O) groups is 2. The molecule has 3 aromatic rings. The molecule has 0 saturated carbocycles. The number of ether oxygens (including phenoxy) is 1. The molecule has 0 spiro atoms. The number of para-hydroxylation sites is 1. The van der Waals surface area contributed by atoms with Gasteiger partial charge >= 0.3 is 5.97 Å². The van der Waals surface area contributed by atoms with E-state index in [1.54, 1.807) is 6.92 Å². The number of carbonyl (C=O) groups excluding carboxylic acids is 2. The van der Waals surface area contributed by atoms with Crippen LogP contribution in [0.25, 0.3) is 10.9 Å². The quantitative estimate of drug-likeness (QED) is 0.667. The van der Waals surface area contributed by atoms with Gasteiger partial charge in [0.25, 0.3) is 5.91 Å². The Morgan fingerprint density at radius 3 is 2.50 bits per heavy atom. The second-order valence-corrected chi connectivity index (χ2v) is 6.82. The molecule has 0 atom stereocenters. The molecular weight excluding hydrogens is 352 g/mol. The zero-order valence-electron chi connectivity index (χ0n) is 16.4. The van der Waals surface area contributed by atoms with Crippen LogP contribution in [0.1, 0.15) is 32.7 Å². The van der Waals surface area contributed by atoms with E-state index in [0.717, 1.165) is 22.9 Å². The van der Waals surface area contributed by atoms with Crippen LogP contribution in [0, 0.1) is 20.8 Å². The Labute approximate surface area is 164 Å². The van der Waals surface area contributed by atoms with E-state index in [2.05, 4.69) is 10.3 Å². The van der Waals surface area contributed by atoms with Crippen LogP contribution < -0.4 is 5.32 Å². The zero-order valence-corrected chi connectivity index (χ0v) is 16.4. The predicted octanol–water partition coefficient (Wildman–Crippen LogP) is 3.68. The van der Waals surface area contributed by atoms with E-state index in [0.29, 0.717) is 17.8 Å². The van der Waals surface area contributed by atoms with E-state index in [1.165, 1.54) is 11.1 Å². The van der Waals surface area contributed by atoms with E-state index >= 15 is 0 Å². The lowest BCUT2D eigenvalue weighted by atomic mass is 10.0. The fourth-order valence-electron chi connectivity index (χ4n) is 3.31. The van der Waals surface area contributed by atoms with Crippen molar-refractivity contribution in [1.82, 2.24) is 10.3 Å². The van der Waals surface area contributed by atoms with Crippen LogP contribution >= 0.6 is 0 Å². The van der Waals surface area contributed by atoms with E-state index in [-0.39, 0.29) is 12.5 Å². The third-order valence-corrected chi connectivity index (χ3v) is 4.85. The van der Waals surface area contributed by atoms with Crippen LogP contribution in [-0.2, 0) is 16.0 Å². The number of pyridine rings is 1. The molecule has 2 aromatic carbocycles. The molecule has 0 aliphatic carbocycles. The van der Waals surface area contributed by atoms with Gasteiger partial charge in [-0.25, -0.2) is 4.79 Å². The number of aryl methyl sites for hydroxylation is 3. The van der Waals surface area contributed by atoms with Gasteiger partial charge in [0, 0.05) is 11.9 Å². The number of fused-ring (bicyclic) bond motifs is 1. The summed E-state index contributed by atoms with van der Waals surface area (Å²) in [6, 6.07) is 15.7. The van der Waals surface area contributed by atoms with Crippen LogP contribution in [0.2, 0.25) is 0 Å². The zero-order chi connectivity index (χ0) is 20.1. The lowest BCUT2D eigenvalue weighted by Crippen LogP contribution is -2.30.